The third kappa shape index (κ3) is 2.35. The number of rotatable bonds is 2. The molecule has 0 spiro atoms. The van der Waals surface area contributed by atoms with Gasteiger partial charge in [0, 0.05) is 30.5 Å². The summed E-state index contributed by atoms with van der Waals surface area (Å²) in [6.45, 7) is 2.90. The minimum absolute atomic E-state index is 0.347. The van der Waals surface area contributed by atoms with Crippen LogP contribution in [0.25, 0.3) is 5.52 Å². The van der Waals surface area contributed by atoms with E-state index in [1.165, 1.54) is 0 Å². The summed E-state index contributed by atoms with van der Waals surface area (Å²) in [7, 11) is 0. The number of hydrogen-bond donors (Lipinski definition) is 1. The Morgan fingerprint density at radius 1 is 1.32 bits per heavy atom. The van der Waals surface area contributed by atoms with Gasteiger partial charge in [-0.1, -0.05) is 6.07 Å². The van der Waals surface area contributed by atoms with Gasteiger partial charge >= 0.3 is 0 Å². The molecule has 0 aliphatic carbocycles. The lowest BCUT2D eigenvalue weighted by atomic mass is 10.1. The van der Waals surface area contributed by atoms with Gasteiger partial charge in [0.25, 0.3) is 0 Å². The summed E-state index contributed by atoms with van der Waals surface area (Å²) in [5.74, 6) is 0. The molecule has 0 unspecified atom stereocenters. The van der Waals surface area contributed by atoms with E-state index in [1.807, 2.05) is 28.8 Å². The molecule has 0 amide bonds. The molecule has 0 aromatic carbocycles. The number of nitrogens with two attached hydrogens (primary N) is 1. The van der Waals surface area contributed by atoms with E-state index in [1.54, 1.807) is 0 Å². The van der Waals surface area contributed by atoms with Crippen molar-refractivity contribution in [2.75, 3.05) is 13.1 Å². The maximum absolute atomic E-state index is 9.38. The van der Waals surface area contributed by atoms with Crippen molar-refractivity contribution in [2.24, 2.45) is 5.73 Å². The van der Waals surface area contributed by atoms with Gasteiger partial charge in [0.2, 0.25) is 0 Å². The third-order valence-electron chi connectivity index (χ3n) is 3.90. The first kappa shape index (κ1) is 12.2. The van der Waals surface area contributed by atoms with Gasteiger partial charge in [-0.2, -0.15) is 5.26 Å². The summed E-state index contributed by atoms with van der Waals surface area (Å²) < 4.78 is 2.03. The Morgan fingerprint density at radius 3 is 2.84 bits per heavy atom. The molecule has 0 atom stereocenters. The molecule has 1 fully saturated rings. The Kier molecular flexibility index (Phi) is 3.24. The fraction of sp³-hybridized carbons (Fsp3) is 0.400. The molecule has 2 N–H and O–H groups in total. The summed E-state index contributed by atoms with van der Waals surface area (Å²) >= 11 is 0. The van der Waals surface area contributed by atoms with E-state index in [2.05, 4.69) is 17.2 Å². The van der Waals surface area contributed by atoms with Gasteiger partial charge in [0.15, 0.2) is 0 Å². The monoisotopic (exact) mass is 254 g/mol. The van der Waals surface area contributed by atoms with Gasteiger partial charge in [-0.3, -0.25) is 4.90 Å². The smallest absolute Gasteiger partial charge is 0.102 e. The Hall–Kier alpha value is -1.83. The molecule has 1 aliphatic heterocycles. The van der Waals surface area contributed by atoms with Crippen molar-refractivity contribution in [1.82, 2.24) is 9.30 Å². The average molecular weight is 254 g/mol. The quantitative estimate of drug-likeness (QED) is 0.888. The van der Waals surface area contributed by atoms with Crippen LogP contribution in [-0.4, -0.2) is 28.4 Å². The van der Waals surface area contributed by atoms with Crippen LogP contribution in [-0.2, 0) is 6.54 Å². The molecule has 4 heteroatoms. The Balaban J connectivity index is 1.87. The second kappa shape index (κ2) is 5.04. The van der Waals surface area contributed by atoms with Gasteiger partial charge in [0.1, 0.15) is 6.07 Å². The standard InChI is InChI=1S/C15H18N4/c16-9-14-12(10-18-7-4-13(17)5-8-18)11-19-6-2-1-3-15(14)19/h1-3,6,11,13H,4-5,7-8,10,17H2. The number of fused-ring (bicyclic) bond motifs is 1. The van der Waals surface area contributed by atoms with Crippen LogP contribution in [0, 0.1) is 11.3 Å². The first-order valence-corrected chi connectivity index (χ1v) is 6.74. The van der Waals surface area contributed by atoms with E-state index >= 15 is 0 Å². The van der Waals surface area contributed by atoms with Crippen LogP contribution >= 0.6 is 0 Å². The van der Waals surface area contributed by atoms with Gasteiger partial charge in [-0.05, 0) is 38.1 Å². The summed E-state index contributed by atoms with van der Waals surface area (Å²) in [5.41, 5.74) is 8.84. The lowest BCUT2D eigenvalue weighted by Gasteiger charge is -2.29. The Morgan fingerprint density at radius 2 is 2.11 bits per heavy atom. The molecule has 98 valence electrons. The van der Waals surface area contributed by atoms with Crippen LogP contribution < -0.4 is 5.73 Å². The number of hydrogen-bond acceptors (Lipinski definition) is 3. The first-order chi connectivity index (χ1) is 9.28. The topological polar surface area (TPSA) is 57.5 Å². The molecule has 3 rings (SSSR count). The van der Waals surface area contributed by atoms with Crippen LogP contribution in [0.5, 0.6) is 0 Å². The van der Waals surface area contributed by atoms with Crippen molar-refractivity contribution >= 4 is 5.52 Å². The predicted octanol–water partition coefficient (Wildman–Crippen LogP) is 1.73. The molecule has 0 bridgehead atoms. The zero-order valence-corrected chi connectivity index (χ0v) is 10.9. The lowest BCUT2D eigenvalue weighted by Crippen LogP contribution is -2.39. The number of pyridine rings is 1. The Bertz CT molecular complexity index is 615. The van der Waals surface area contributed by atoms with Crippen LogP contribution in [0.15, 0.2) is 30.6 Å². The van der Waals surface area contributed by atoms with Gasteiger partial charge < -0.3 is 10.1 Å². The average Bonchev–Trinajstić information content (AvgIpc) is 2.78. The number of likely N-dealkylation sites (tertiary alicyclic amines) is 1. The molecule has 3 heterocycles. The lowest BCUT2D eigenvalue weighted by molar-refractivity contribution is 0.205. The highest BCUT2D eigenvalue weighted by atomic mass is 15.1. The summed E-state index contributed by atoms with van der Waals surface area (Å²) in [6.07, 6.45) is 6.17. The van der Waals surface area contributed by atoms with E-state index < -0.39 is 0 Å². The van der Waals surface area contributed by atoms with Gasteiger partial charge in [-0.25, -0.2) is 0 Å². The van der Waals surface area contributed by atoms with Crippen molar-refractivity contribution in [2.45, 2.75) is 25.4 Å². The number of nitriles is 1. The van der Waals surface area contributed by atoms with Crippen LogP contribution in [0.2, 0.25) is 0 Å². The number of piperidine rings is 1. The second-order valence-electron chi connectivity index (χ2n) is 5.25. The van der Waals surface area contributed by atoms with Crippen LogP contribution in [0.1, 0.15) is 24.0 Å². The van der Waals surface area contributed by atoms with E-state index in [4.69, 9.17) is 5.73 Å². The van der Waals surface area contributed by atoms with Gasteiger partial charge in [0.05, 0.1) is 11.1 Å². The first-order valence-electron chi connectivity index (χ1n) is 6.74. The van der Waals surface area contributed by atoms with E-state index in [0.717, 1.165) is 49.1 Å². The van der Waals surface area contributed by atoms with E-state index in [0.29, 0.717) is 6.04 Å². The molecule has 4 nitrogen and oxygen atoms in total. The largest absolute Gasteiger partial charge is 0.328 e. The fourth-order valence-corrected chi connectivity index (χ4v) is 2.78. The highest BCUT2D eigenvalue weighted by Crippen LogP contribution is 2.21. The van der Waals surface area contributed by atoms with Crippen molar-refractivity contribution in [1.29, 1.82) is 5.26 Å². The normalized spacial score (nSPS) is 17.7. The number of aromatic nitrogens is 1. The van der Waals surface area contributed by atoms with Crippen molar-refractivity contribution in [3.8, 4) is 6.07 Å². The molecule has 19 heavy (non-hydrogen) atoms. The summed E-state index contributed by atoms with van der Waals surface area (Å²) in [4.78, 5) is 2.39. The predicted molar refractivity (Wildman–Crippen MR) is 74.6 cm³/mol. The molecule has 2 aromatic heterocycles. The highest BCUT2D eigenvalue weighted by Gasteiger charge is 2.18. The molecular weight excluding hydrogens is 236 g/mol. The van der Waals surface area contributed by atoms with E-state index in [-0.39, 0.29) is 0 Å². The van der Waals surface area contributed by atoms with Gasteiger partial charge in [-0.15, -0.1) is 0 Å². The Labute approximate surface area is 113 Å². The summed E-state index contributed by atoms with van der Waals surface area (Å²) in [6, 6.07) is 8.64. The third-order valence-corrected chi connectivity index (χ3v) is 3.90. The molecule has 1 saturated heterocycles. The zero-order chi connectivity index (χ0) is 13.2. The van der Waals surface area contributed by atoms with Crippen LogP contribution in [0.4, 0.5) is 0 Å². The fourth-order valence-electron chi connectivity index (χ4n) is 2.78. The van der Waals surface area contributed by atoms with Crippen molar-refractivity contribution in [3.05, 3.63) is 41.7 Å². The maximum Gasteiger partial charge on any atom is 0.102 e. The number of nitrogens with zero attached hydrogens (tertiary/aromatic N) is 3. The summed E-state index contributed by atoms with van der Waals surface area (Å²) in [5, 5.41) is 9.38. The molecule has 1 aliphatic rings. The zero-order valence-electron chi connectivity index (χ0n) is 10.9. The maximum atomic E-state index is 9.38. The molecule has 2 aromatic rings. The minimum Gasteiger partial charge on any atom is -0.328 e. The molecule has 0 radical (unpaired) electrons. The van der Waals surface area contributed by atoms with E-state index in [9.17, 15) is 5.26 Å². The SMILES string of the molecule is N#Cc1c(CN2CCC(N)CC2)cn2ccccc12. The molecular formula is C15H18N4. The van der Waals surface area contributed by atoms with Crippen LogP contribution in [0.3, 0.4) is 0 Å². The van der Waals surface area contributed by atoms with Crippen molar-refractivity contribution < 1.29 is 0 Å². The minimum atomic E-state index is 0.347. The second-order valence-corrected chi connectivity index (χ2v) is 5.25. The van der Waals surface area contributed by atoms with Crippen molar-refractivity contribution in [3.63, 3.8) is 0 Å². The molecule has 0 saturated carbocycles. The highest BCUT2D eigenvalue weighted by molar-refractivity contribution is 5.65.